The number of hydrogen-bond donors (Lipinski definition) is 1. The molecule has 0 aromatic heterocycles. The lowest BCUT2D eigenvalue weighted by molar-refractivity contribution is -0.123. The van der Waals surface area contributed by atoms with Crippen LogP contribution in [0.15, 0.2) is 77.9 Å². The maximum atomic E-state index is 12.3. The Balaban J connectivity index is 1.52. The normalized spacial score (nSPS) is 10.5. The fourth-order valence-electron chi connectivity index (χ4n) is 2.47. The minimum atomic E-state index is -0.498. The highest BCUT2D eigenvalue weighted by molar-refractivity contribution is 6.32. The number of ether oxygens (including phenoxy) is 3. The molecule has 0 unspecified atom stereocenters. The van der Waals surface area contributed by atoms with Gasteiger partial charge in [0.05, 0.1) is 23.9 Å². The molecule has 0 aliphatic rings. The van der Waals surface area contributed by atoms with Crippen LogP contribution in [0.2, 0.25) is 5.02 Å². The molecule has 0 spiro atoms. The van der Waals surface area contributed by atoms with E-state index in [9.17, 15) is 9.59 Å². The van der Waals surface area contributed by atoms with Crippen LogP contribution in [-0.4, -0.2) is 31.8 Å². The molecule has 0 aliphatic carbocycles. The van der Waals surface area contributed by atoms with Crippen LogP contribution in [-0.2, 0) is 4.79 Å². The molecule has 0 fully saturated rings. The molecule has 3 rings (SSSR count). The van der Waals surface area contributed by atoms with E-state index in [2.05, 4.69) is 10.5 Å². The Morgan fingerprint density at radius 2 is 1.77 bits per heavy atom. The molecule has 31 heavy (non-hydrogen) atoms. The zero-order valence-corrected chi connectivity index (χ0v) is 17.3. The van der Waals surface area contributed by atoms with Crippen LogP contribution in [0.5, 0.6) is 17.2 Å². The smallest absolute Gasteiger partial charge is 0.343 e. The van der Waals surface area contributed by atoms with Crippen molar-refractivity contribution < 1.29 is 23.8 Å². The largest absolute Gasteiger partial charge is 0.497 e. The molecule has 158 valence electrons. The second kappa shape index (κ2) is 10.8. The molecule has 1 amide bonds. The van der Waals surface area contributed by atoms with Gasteiger partial charge in [0.2, 0.25) is 0 Å². The Bertz CT molecular complexity index is 1080. The molecule has 3 aromatic rings. The Kier molecular flexibility index (Phi) is 7.61. The molecule has 0 heterocycles. The minimum absolute atomic E-state index is 0.236. The number of methoxy groups -OCH3 is 1. The lowest BCUT2D eigenvalue weighted by Gasteiger charge is -2.07. The predicted molar refractivity (Wildman–Crippen MR) is 117 cm³/mol. The van der Waals surface area contributed by atoms with Crippen LogP contribution in [0.4, 0.5) is 0 Å². The average molecular weight is 439 g/mol. The number of rotatable bonds is 8. The summed E-state index contributed by atoms with van der Waals surface area (Å²) in [7, 11) is 1.55. The van der Waals surface area contributed by atoms with Gasteiger partial charge in [-0.2, -0.15) is 5.10 Å². The van der Waals surface area contributed by atoms with Gasteiger partial charge in [0.15, 0.2) is 6.61 Å². The molecule has 0 atom stereocenters. The summed E-state index contributed by atoms with van der Waals surface area (Å²) in [6.45, 7) is -0.236. The van der Waals surface area contributed by atoms with E-state index in [-0.39, 0.29) is 6.61 Å². The van der Waals surface area contributed by atoms with E-state index in [1.807, 2.05) is 0 Å². The molecule has 0 bridgehead atoms. The van der Waals surface area contributed by atoms with Crippen LogP contribution in [0, 0.1) is 0 Å². The molecule has 7 nitrogen and oxygen atoms in total. The SMILES string of the molecule is COc1ccc(C(=O)Oc2cccc(/C=N/NC(=O)COc3ccccc3Cl)c2)cc1. The summed E-state index contributed by atoms with van der Waals surface area (Å²) in [5.41, 5.74) is 3.39. The third-order valence-electron chi connectivity index (χ3n) is 3.99. The average Bonchev–Trinajstić information content (AvgIpc) is 2.79. The van der Waals surface area contributed by atoms with Gasteiger partial charge >= 0.3 is 5.97 Å². The molecular weight excluding hydrogens is 420 g/mol. The number of para-hydroxylation sites is 1. The summed E-state index contributed by atoms with van der Waals surface area (Å²) in [4.78, 5) is 24.1. The first-order chi connectivity index (χ1) is 15.0. The summed E-state index contributed by atoms with van der Waals surface area (Å²) >= 11 is 5.97. The van der Waals surface area contributed by atoms with Crippen molar-refractivity contribution in [2.45, 2.75) is 0 Å². The number of hydrazone groups is 1. The van der Waals surface area contributed by atoms with Crippen molar-refractivity contribution in [1.29, 1.82) is 0 Å². The number of carbonyl (C=O) groups is 2. The number of benzene rings is 3. The van der Waals surface area contributed by atoms with E-state index >= 15 is 0 Å². The molecule has 1 N–H and O–H groups in total. The summed E-state index contributed by atoms with van der Waals surface area (Å²) in [6, 6.07) is 20.2. The molecule has 0 aliphatic heterocycles. The number of esters is 1. The summed E-state index contributed by atoms with van der Waals surface area (Å²) < 4.78 is 15.8. The van der Waals surface area contributed by atoms with Crippen molar-refractivity contribution in [1.82, 2.24) is 5.43 Å². The fourth-order valence-corrected chi connectivity index (χ4v) is 2.66. The van der Waals surface area contributed by atoms with Crippen LogP contribution >= 0.6 is 11.6 Å². The fraction of sp³-hybridized carbons (Fsp3) is 0.0870. The van der Waals surface area contributed by atoms with E-state index in [1.165, 1.54) is 6.21 Å². The van der Waals surface area contributed by atoms with Crippen molar-refractivity contribution in [2.24, 2.45) is 5.10 Å². The summed E-state index contributed by atoms with van der Waals surface area (Å²) in [6.07, 6.45) is 1.43. The summed E-state index contributed by atoms with van der Waals surface area (Å²) in [5, 5.41) is 4.30. The number of amides is 1. The van der Waals surface area contributed by atoms with E-state index < -0.39 is 11.9 Å². The molecule has 0 saturated heterocycles. The zero-order chi connectivity index (χ0) is 22.1. The lowest BCUT2D eigenvalue weighted by Crippen LogP contribution is -2.24. The van der Waals surface area contributed by atoms with E-state index in [1.54, 1.807) is 79.9 Å². The van der Waals surface area contributed by atoms with Crippen molar-refractivity contribution in [3.05, 3.63) is 88.9 Å². The monoisotopic (exact) mass is 438 g/mol. The zero-order valence-electron chi connectivity index (χ0n) is 16.6. The Morgan fingerprint density at radius 3 is 2.52 bits per heavy atom. The van der Waals surface area contributed by atoms with Gasteiger partial charge in [-0.3, -0.25) is 4.79 Å². The second-order valence-corrected chi connectivity index (χ2v) is 6.61. The third-order valence-corrected chi connectivity index (χ3v) is 4.30. The standard InChI is InChI=1S/C23H19ClN2O5/c1-29-18-11-9-17(10-12-18)23(28)31-19-6-4-5-16(13-19)14-25-26-22(27)15-30-21-8-3-2-7-20(21)24/h2-14H,15H2,1H3,(H,26,27)/b25-14+. The van der Waals surface area contributed by atoms with Gasteiger partial charge in [0, 0.05) is 0 Å². The lowest BCUT2D eigenvalue weighted by atomic mass is 10.2. The first-order valence-electron chi connectivity index (χ1n) is 9.20. The minimum Gasteiger partial charge on any atom is -0.497 e. The topological polar surface area (TPSA) is 86.2 Å². The van der Waals surface area contributed by atoms with Gasteiger partial charge in [0.25, 0.3) is 5.91 Å². The Morgan fingerprint density at radius 1 is 1.00 bits per heavy atom. The molecule has 0 saturated carbocycles. The molecule has 8 heteroatoms. The van der Waals surface area contributed by atoms with Crippen molar-refractivity contribution in [3.8, 4) is 17.2 Å². The number of nitrogens with zero attached hydrogens (tertiary/aromatic N) is 1. The van der Waals surface area contributed by atoms with Gasteiger partial charge in [-0.25, -0.2) is 10.2 Å². The predicted octanol–water partition coefficient (Wildman–Crippen LogP) is 4.10. The molecule has 0 radical (unpaired) electrons. The van der Waals surface area contributed by atoms with Crippen LogP contribution in [0.1, 0.15) is 15.9 Å². The van der Waals surface area contributed by atoms with Gasteiger partial charge in [-0.15, -0.1) is 0 Å². The summed E-state index contributed by atoms with van der Waals surface area (Å²) in [5.74, 6) is 0.460. The van der Waals surface area contributed by atoms with E-state index in [0.29, 0.717) is 33.4 Å². The highest BCUT2D eigenvalue weighted by atomic mass is 35.5. The van der Waals surface area contributed by atoms with Crippen LogP contribution in [0.25, 0.3) is 0 Å². The quantitative estimate of drug-likeness (QED) is 0.248. The third kappa shape index (κ3) is 6.58. The van der Waals surface area contributed by atoms with E-state index in [4.69, 9.17) is 25.8 Å². The highest BCUT2D eigenvalue weighted by Gasteiger charge is 2.09. The van der Waals surface area contributed by atoms with Gasteiger partial charge in [-0.05, 0) is 54.1 Å². The highest BCUT2D eigenvalue weighted by Crippen LogP contribution is 2.22. The van der Waals surface area contributed by atoms with Gasteiger partial charge in [-0.1, -0.05) is 35.9 Å². The Labute approximate surface area is 184 Å². The maximum Gasteiger partial charge on any atom is 0.343 e. The van der Waals surface area contributed by atoms with Crippen LogP contribution < -0.4 is 19.6 Å². The molecular formula is C23H19ClN2O5. The molecule has 3 aromatic carbocycles. The first-order valence-corrected chi connectivity index (χ1v) is 9.58. The van der Waals surface area contributed by atoms with Crippen LogP contribution in [0.3, 0.4) is 0 Å². The number of nitrogens with one attached hydrogen (secondary N) is 1. The number of halogens is 1. The number of carbonyl (C=O) groups excluding carboxylic acids is 2. The van der Waals surface area contributed by atoms with Crippen molar-refractivity contribution in [2.75, 3.05) is 13.7 Å². The maximum absolute atomic E-state index is 12.3. The van der Waals surface area contributed by atoms with Crippen molar-refractivity contribution >= 4 is 29.7 Å². The second-order valence-electron chi connectivity index (χ2n) is 6.20. The van der Waals surface area contributed by atoms with Gasteiger partial charge < -0.3 is 14.2 Å². The number of hydrogen-bond acceptors (Lipinski definition) is 6. The first kappa shape index (κ1) is 21.9. The van der Waals surface area contributed by atoms with E-state index in [0.717, 1.165) is 0 Å². The van der Waals surface area contributed by atoms with Crippen molar-refractivity contribution in [3.63, 3.8) is 0 Å². The Hall–Kier alpha value is -3.84. The van der Waals surface area contributed by atoms with Gasteiger partial charge in [0.1, 0.15) is 17.2 Å².